The molecule has 9 heteroatoms. The number of barbiturate groups is 1. The van der Waals surface area contributed by atoms with Gasteiger partial charge in [0, 0.05) is 5.02 Å². The number of urea groups is 1. The highest BCUT2D eigenvalue weighted by molar-refractivity contribution is 6.40. The summed E-state index contributed by atoms with van der Waals surface area (Å²) < 4.78 is 5.79. The monoisotopic (exact) mass is 528 g/mol. The van der Waals surface area contributed by atoms with Gasteiger partial charge in [0.05, 0.1) is 15.7 Å². The van der Waals surface area contributed by atoms with Gasteiger partial charge in [-0.3, -0.25) is 14.9 Å². The molecule has 1 heterocycles. The van der Waals surface area contributed by atoms with Crippen molar-refractivity contribution in [3.63, 3.8) is 0 Å². The van der Waals surface area contributed by atoms with Crippen LogP contribution in [0.5, 0.6) is 5.75 Å². The highest BCUT2D eigenvalue weighted by Gasteiger charge is 2.37. The van der Waals surface area contributed by atoms with Gasteiger partial charge >= 0.3 is 6.03 Å². The van der Waals surface area contributed by atoms with Crippen LogP contribution in [0.15, 0.2) is 60.2 Å². The predicted octanol–water partition coefficient (Wildman–Crippen LogP) is 6.51. The van der Waals surface area contributed by atoms with E-state index in [4.69, 9.17) is 39.5 Å². The normalized spacial score (nSPS) is 14.9. The molecule has 1 N–H and O–H groups in total. The summed E-state index contributed by atoms with van der Waals surface area (Å²) in [5, 5.41) is 2.96. The third-order valence-corrected chi connectivity index (χ3v) is 6.32. The van der Waals surface area contributed by atoms with E-state index in [1.165, 1.54) is 24.3 Å². The number of halogens is 3. The Labute approximate surface area is 217 Å². The Morgan fingerprint density at radius 3 is 2.17 bits per heavy atom. The van der Waals surface area contributed by atoms with Crippen molar-refractivity contribution in [1.29, 1.82) is 0 Å². The van der Waals surface area contributed by atoms with Gasteiger partial charge < -0.3 is 4.74 Å². The number of imide groups is 2. The molecule has 0 unspecified atom stereocenters. The number of nitrogens with one attached hydrogen (secondary N) is 1. The summed E-state index contributed by atoms with van der Waals surface area (Å²) in [7, 11) is 0. The summed E-state index contributed by atoms with van der Waals surface area (Å²) in [6.45, 7) is 4.05. The average Bonchev–Trinajstić information content (AvgIpc) is 2.79. The zero-order chi connectivity index (χ0) is 25.3. The summed E-state index contributed by atoms with van der Waals surface area (Å²) >= 11 is 18.9. The van der Waals surface area contributed by atoms with Crippen molar-refractivity contribution < 1.29 is 19.1 Å². The standard InChI is InChI=1S/C26H19Cl3N2O4/c1-14-3-6-16(7-4-14)13-35-23-21(28)10-17(11-22(23)29)9-19-24(32)30-26(34)31(25(19)33)18-8-5-15(2)20(27)12-18/h3-12H,13H2,1-2H3,(H,30,32,34)/b19-9-. The van der Waals surface area contributed by atoms with E-state index in [1.54, 1.807) is 19.1 Å². The molecule has 6 nitrogen and oxygen atoms in total. The summed E-state index contributed by atoms with van der Waals surface area (Å²) in [6, 6.07) is 14.7. The van der Waals surface area contributed by atoms with Crippen LogP contribution >= 0.6 is 34.8 Å². The Bertz CT molecular complexity index is 1360. The summed E-state index contributed by atoms with van der Waals surface area (Å²) in [5.41, 5.74) is 3.21. The van der Waals surface area contributed by atoms with Crippen LogP contribution < -0.4 is 15.0 Å². The minimum absolute atomic E-state index is 0.207. The Kier molecular flexibility index (Phi) is 7.17. The molecule has 178 valence electrons. The average molecular weight is 530 g/mol. The molecule has 4 rings (SSSR count). The van der Waals surface area contributed by atoms with Crippen LogP contribution in [0, 0.1) is 13.8 Å². The molecular weight excluding hydrogens is 511 g/mol. The van der Waals surface area contributed by atoms with E-state index in [2.05, 4.69) is 5.32 Å². The van der Waals surface area contributed by atoms with Gasteiger partial charge in [-0.25, -0.2) is 9.69 Å². The molecule has 1 fully saturated rings. The molecule has 1 aliphatic heterocycles. The Balaban J connectivity index is 1.61. The van der Waals surface area contributed by atoms with Crippen LogP contribution in [-0.2, 0) is 16.2 Å². The van der Waals surface area contributed by atoms with E-state index < -0.39 is 17.8 Å². The number of carbonyl (C=O) groups excluding carboxylic acids is 3. The Morgan fingerprint density at radius 2 is 1.54 bits per heavy atom. The zero-order valence-corrected chi connectivity index (χ0v) is 21.0. The van der Waals surface area contributed by atoms with Crippen molar-refractivity contribution in [3.8, 4) is 5.75 Å². The third-order valence-electron chi connectivity index (χ3n) is 5.35. The first-order valence-corrected chi connectivity index (χ1v) is 11.6. The Hall–Kier alpha value is -3.32. The number of carbonyl (C=O) groups is 3. The molecule has 35 heavy (non-hydrogen) atoms. The Morgan fingerprint density at radius 1 is 0.886 bits per heavy atom. The van der Waals surface area contributed by atoms with Gasteiger partial charge in [-0.05, 0) is 60.9 Å². The van der Waals surface area contributed by atoms with Crippen molar-refractivity contribution in [3.05, 3.63) is 97.5 Å². The van der Waals surface area contributed by atoms with Gasteiger partial charge in [0.15, 0.2) is 5.75 Å². The maximum Gasteiger partial charge on any atom is 0.335 e. The topological polar surface area (TPSA) is 75.7 Å². The number of ether oxygens (including phenoxy) is 1. The van der Waals surface area contributed by atoms with Crippen LogP contribution in [0.25, 0.3) is 6.08 Å². The highest BCUT2D eigenvalue weighted by Crippen LogP contribution is 2.36. The maximum absolute atomic E-state index is 13.1. The summed E-state index contributed by atoms with van der Waals surface area (Å²) in [6.07, 6.45) is 1.31. The van der Waals surface area contributed by atoms with Crippen molar-refractivity contribution >= 4 is 64.4 Å². The summed E-state index contributed by atoms with van der Waals surface area (Å²) in [5.74, 6) is -1.35. The van der Waals surface area contributed by atoms with Crippen molar-refractivity contribution in [2.75, 3.05) is 4.90 Å². The lowest BCUT2D eigenvalue weighted by atomic mass is 10.1. The van der Waals surface area contributed by atoms with E-state index in [0.29, 0.717) is 10.6 Å². The molecule has 0 saturated carbocycles. The molecule has 3 aromatic carbocycles. The van der Waals surface area contributed by atoms with Crippen LogP contribution in [0.4, 0.5) is 10.5 Å². The van der Waals surface area contributed by atoms with E-state index in [0.717, 1.165) is 21.6 Å². The third kappa shape index (κ3) is 5.35. The van der Waals surface area contributed by atoms with E-state index in [1.807, 2.05) is 31.2 Å². The largest absolute Gasteiger partial charge is 0.486 e. The van der Waals surface area contributed by atoms with Gasteiger partial charge in [-0.2, -0.15) is 0 Å². The number of anilines is 1. The number of rotatable bonds is 5. The van der Waals surface area contributed by atoms with Gasteiger partial charge in [0.25, 0.3) is 11.8 Å². The van der Waals surface area contributed by atoms with E-state index >= 15 is 0 Å². The molecule has 0 aliphatic carbocycles. The fourth-order valence-corrected chi connectivity index (χ4v) is 4.21. The van der Waals surface area contributed by atoms with Crippen LogP contribution in [-0.4, -0.2) is 17.8 Å². The second kappa shape index (κ2) is 10.1. The van der Waals surface area contributed by atoms with Crippen molar-refractivity contribution in [2.24, 2.45) is 0 Å². The molecule has 0 spiro atoms. The fourth-order valence-electron chi connectivity index (χ4n) is 3.42. The molecule has 0 bridgehead atoms. The molecule has 0 aromatic heterocycles. The zero-order valence-electron chi connectivity index (χ0n) is 18.7. The first-order valence-electron chi connectivity index (χ1n) is 10.5. The van der Waals surface area contributed by atoms with E-state index in [9.17, 15) is 14.4 Å². The number of hydrogen-bond donors (Lipinski definition) is 1. The first kappa shape index (κ1) is 24.8. The number of amides is 4. The molecular formula is C26H19Cl3N2O4. The predicted molar refractivity (Wildman–Crippen MR) is 137 cm³/mol. The highest BCUT2D eigenvalue weighted by atomic mass is 35.5. The SMILES string of the molecule is Cc1ccc(COc2c(Cl)cc(/C=C3/C(=O)NC(=O)N(c4ccc(C)c(Cl)c4)C3=O)cc2Cl)cc1. The lowest BCUT2D eigenvalue weighted by molar-refractivity contribution is -0.122. The molecule has 3 aromatic rings. The lowest BCUT2D eigenvalue weighted by Gasteiger charge is -2.26. The fraction of sp³-hybridized carbons (Fsp3) is 0.115. The first-order chi connectivity index (χ1) is 16.6. The molecule has 1 aliphatic rings. The molecule has 0 radical (unpaired) electrons. The minimum atomic E-state index is -0.868. The summed E-state index contributed by atoms with van der Waals surface area (Å²) in [4.78, 5) is 38.8. The maximum atomic E-state index is 13.1. The van der Waals surface area contributed by atoms with Gasteiger partial charge in [-0.1, -0.05) is 70.7 Å². The van der Waals surface area contributed by atoms with Gasteiger partial charge in [-0.15, -0.1) is 0 Å². The number of hydrogen-bond acceptors (Lipinski definition) is 4. The van der Waals surface area contributed by atoms with Crippen LogP contribution in [0.2, 0.25) is 15.1 Å². The molecule has 1 saturated heterocycles. The second-order valence-corrected chi connectivity index (χ2v) is 9.20. The van der Waals surface area contributed by atoms with Gasteiger partial charge in [0.2, 0.25) is 0 Å². The van der Waals surface area contributed by atoms with Crippen molar-refractivity contribution in [2.45, 2.75) is 20.5 Å². The molecule has 4 amide bonds. The van der Waals surface area contributed by atoms with Crippen molar-refractivity contribution in [1.82, 2.24) is 5.32 Å². The van der Waals surface area contributed by atoms with Crippen LogP contribution in [0.1, 0.15) is 22.3 Å². The number of nitrogens with zero attached hydrogens (tertiary/aromatic N) is 1. The quantitative estimate of drug-likeness (QED) is 0.302. The van der Waals surface area contributed by atoms with Crippen LogP contribution in [0.3, 0.4) is 0 Å². The minimum Gasteiger partial charge on any atom is -0.486 e. The lowest BCUT2D eigenvalue weighted by Crippen LogP contribution is -2.54. The molecule has 0 atom stereocenters. The second-order valence-electron chi connectivity index (χ2n) is 7.98. The number of aryl methyl sites for hydroxylation is 2. The van der Waals surface area contributed by atoms with Gasteiger partial charge in [0.1, 0.15) is 12.2 Å². The number of benzene rings is 3. The van der Waals surface area contributed by atoms with E-state index in [-0.39, 0.29) is 33.7 Å². The smallest absolute Gasteiger partial charge is 0.335 e.